The number of pyridine rings is 1. The second-order valence-corrected chi connectivity index (χ2v) is 6.91. The summed E-state index contributed by atoms with van der Waals surface area (Å²) in [5.41, 5.74) is 13.3. The third kappa shape index (κ3) is 4.20. The molecule has 0 saturated heterocycles. The van der Waals surface area contributed by atoms with Gasteiger partial charge in [0.1, 0.15) is 29.3 Å². The van der Waals surface area contributed by atoms with Gasteiger partial charge in [-0.15, -0.1) is 0 Å². The van der Waals surface area contributed by atoms with Gasteiger partial charge in [0, 0.05) is 17.2 Å². The lowest BCUT2D eigenvalue weighted by Gasteiger charge is -2.27. The molecule has 2 aromatic rings. The fourth-order valence-electron chi connectivity index (χ4n) is 3.16. The molecule has 0 radical (unpaired) electrons. The summed E-state index contributed by atoms with van der Waals surface area (Å²) < 4.78 is 11.5. The number of aliphatic imine (C=N–C) groups is 1. The maximum Gasteiger partial charge on any atom is 0.211 e. The predicted molar refractivity (Wildman–Crippen MR) is 118 cm³/mol. The van der Waals surface area contributed by atoms with Gasteiger partial charge in [0.2, 0.25) is 5.96 Å². The normalized spacial score (nSPS) is 14.4. The minimum Gasteiger partial charge on any atom is -0.490 e. The van der Waals surface area contributed by atoms with Gasteiger partial charge in [0.05, 0.1) is 23.9 Å². The van der Waals surface area contributed by atoms with Crippen molar-refractivity contribution in [2.24, 2.45) is 4.99 Å². The van der Waals surface area contributed by atoms with Gasteiger partial charge in [0.15, 0.2) is 17.7 Å². The van der Waals surface area contributed by atoms with Crippen LogP contribution >= 0.6 is 11.6 Å². The molecule has 0 fully saturated rings. The van der Waals surface area contributed by atoms with E-state index in [0.29, 0.717) is 40.9 Å². The highest BCUT2D eigenvalue weighted by Gasteiger charge is 2.31. The molecule has 3 rings (SSSR count). The smallest absolute Gasteiger partial charge is 0.211 e. The van der Waals surface area contributed by atoms with E-state index in [2.05, 4.69) is 20.6 Å². The number of anilines is 3. The molecule has 6 N–H and O–H groups in total. The van der Waals surface area contributed by atoms with Crippen LogP contribution in [0.4, 0.5) is 17.3 Å². The number of nitrogen functional groups attached to an aromatic ring is 2. The van der Waals surface area contributed by atoms with Crippen molar-refractivity contribution >= 4 is 34.9 Å². The Kier molecular flexibility index (Phi) is 6.53. The van der Waals surface area contributed by atoms with E-state index in [1.165, 1.54) is 0 Å². The van der Waals surface area contributed by atoms with Crippen LogP contribution in [0.5, 0.6) is 11.5 Å². The van der Waals surface area contributed by atoms with Crippen LogP contribution in [-0.4, -0.2) is 24.2 Å². The van der Waals surface area contributed by atoms with E-state index in [4.69, 9.17) is 37.8 Å². The van der Waals surface area contributed by atoms with Crippen LogP contribution in [0.15, 0.2) is 17.1 Å². The van der Waals surface area contributed by atoms with Crippen molar-refractivity contribution in [2.75, 3.05) is 30.0 Å². The van der Waals surface area contributed by atoms with Crippen LogP contribution in [0.1, 0.15) is 43.0 Å². The van der Waals surface area contributed by atoms with E-state index >= 15 is 0 Å². The van der Waals surface area contributed by atoms with E-state index in [9.17, 15) is 5.26 Å². The molecule has 10 nitrogen and oxygen atoms in total. The van der Waals surface area contributed by atoms with Crippen LogP contribution in [-0.2, 0) is 0 Å². The molecule has 0 bridgehead atoms. The maximum absolute atomic E-state index is 9.46. The number of rotatable bonds is 6. The molecule has 0 amide bonds. The average Bonchev–Trinajstić information content (AvgIpc) is 2.73. The topological polar surface area (TPSA) is 167 Å². The van der Waals surface area contributed by atoms with Crippen LogP contribution in [0.3, 0.4) is 0 Å². The van der Waals surface area contributed by atoms with Crippen LogP contribution in [0.2, 0.25) is 5.02 Å². The van der Waals surface area contributed by atoms with Gasteiger partial charge in [0.25, 0.3) is 0 Å². The first-order chi connectivity index (χ1) is 14.9. The number of nitrogens with one attached hydrogen (secondary N) is 2. The number of benzene rings is 1. The standard InChI is InChI=1S/C20H21ClN8O2/c1-3-5-31-14-7-12(21)10(6-13(14)30-4-2)17-15-16(24)11(8-22)18(25)28-19(15)29-20(27-17)26-9-23/h6-7,17H,3-5H2,1-2H3,(H6,24,25,26,27,28,29). The number of halogens is 1. The maximum atomic E-state index is 9.46. The van der Waals surface area contributed by atoms with Crippen molar-refractivity contribution in [3.8, 4) is 23.8 Å². The highest BCUT2D eigenvalue weighted by Crippen LogP contribution is 2.45. The number of hydrogen-bond donors (Lipinski definition) is 4. The fourth-order valence-corrected chi connectivity index (χ4v) is 3.42. The molecule has 1 aliphatic heterocycles. The Morgan fingerprint density at radius 3 is 2.61 bits per heavy atom. The summed E-state index contributed by atoms with van der Waals surface area (Å²) >= 11 is 6.60. The summed E-state index contributed by atoms with van der Waals surface area (Å²) in [6.07, 6.45) is 2.63. The first kappa shape index (κ1) is 21.8. The Morgan fingerprint density at radius 2 is 1.97 bits per heavy atom. The Hall–Kier alpha value is -3.89. The molecule has 2 heterocycles. The minimum atomic E-state index is -0.778. The molecule has 160 valence electrons. The summed E-state index contributed by atoms with van der Waals surface area (Å²) in [6.45, 7) is 4.77. The summed E-state index contributed by atoms with van der Waals surface area (Å²) in [4.78, 5) is 8.76. The lowest BCUT2D eigenvalue weighted by molar-refractivity contribution is 0.276. The monoisotopic (exact) mass is 440 g/mol. The van der Waals surface area contributed by atoms with Crippen LogP contribution < -0.4 is 31.6 Å². The molecule has 0 spiro atoms. The molecule has 31 heavy (non-hydrogen) atoms. The number of guanidine groups is 1. The zero-order valence-corrected chi connectivity index (χ0v) is 17.7. The molecule has 1 aliphatic rings. The third-order valence-corrected chi connectivity index (χ3v) is 4.80. The first-order valence-electron chi connectivity index (χ1n) is 9.52. The van der Waals surface area contributed by atoms with Gasteiger partial charge in [-0.2, -0.15) is 10.5 Å². The molecular formula is C20H21ClN8O2. The summed E-state index contributed by atoms with van der Waals surface area (Å²) in [6, 6.07) is 4.55. The fraction of sp³-hybridized carbons (Fsp3) is 0.300. The lowest BCUT2D eigenvalue weighted by Crippen LogP contribution is -2.32. The van der Waals surface area contributed by atoms with Gasteiger partial charge < -0.3 is 26.3 Å². The third-order valence-electron chi connectivity index (χ3n) is 4.48. The van der Waals surface area contributed by atoms with Crippen molar-refractivity contribution < 1.29 is 9.47 Å². The Bertz CT molecular complexity index is 1120. The number of fused-ring (bicyclic) bond motifs is 1. The zero-order chi connectivity index (χ0) is 22.5. The van der Waals surface area contributed by atoms with E-state index in [0.717, 1.165) is 6.42 Å². The SMILES string of the molecule is CCCOc1cc(Cl)c(C2N=C(NC#N)Nc3nc(N)c(C#N)c(N)c32)cc1OCC. The van der Waals surface area contributed by atoms with E-state index in [-0.39, 0.29) is 28.8 Å². The zero-order valence-electron chi connectivity index (χ0n) is 17.0. The molecule has 1 unspecified atom stereocenters. The number of nitriles is 2. The molecule has 1 atom stereocenters. The second-order valence-electron chi connectivity index (χ2n) is 6.50. The molecule has 1 aromatic heterocycles. The minimum absolute atomic E-state index is 0.0346. The van der Waals surface area contributed by atoms with Crippen molar-refractivity contribution in [2.45, 2.75) is 26.3 Å². The van der Waals surface area contributed by atoms with Crippen molar-refractivity contribution in [1.82, 2.24) is 10.3 Å². The Morgan fingerprint density at radius 1 is 1.23 bits per heavy atom. The van der Waals surface area contributed by atoms with Gasteiger partial charge in [-0.3, -0.25) is 5.32 Å². The van der Waals surface area contributed by atoms with Crippen molar-refractivity contribution in [1.29, 1.82) is 10.5 Å². The largest absolute Gasteiger partial charge is 0.490 e. The summed E-state index contributed by atoms with van der Waals surface area (Å²) in [5, 5.41) is 24.2. The van der Waals surface area contributed by atoms with E-state index in [1.807, 2.05) is 26.1 Å². The molecule has 1 aromatic carbocycles. The molecule has 0 aliphatic carbocycles. The second kappa shape index (κ2) is 9.28. The van der Waals surface area contributed by atoms with Crippen molar-refractivity contribution in [3.63, 3.8) is 0 Å². The Balaban J connectivity index is 2.23. The van der Waals surface area contributed by atoms with E-state index in [1.54, 1.807) is 12.1 Å². The highest BCUT2D eigenvalue weighted by atomic mass is 35.5. The number of ether oxygens (including phenoxy) is 2. The predicted octanol–water partition coefficient (Wildman–Crippen LogP) is 2.90. The number of hydrogen-bond acceptors (Lipinski definition) is 10. The van der Waals surface area contributed by atoms with Gasteiger partial charge in [-0.05, 0) is 19.4 Å². The average molecular weight is 441 g/mol. The molecular weight excluding hydrogens is 420 g/mol. The van der Waals surface area contributed by atoms with Gasteiger partial charge in [-0.25, -0.2) is 9.98 Å². The highest BCUT2D eigenvalue weighted by molar-refractivity contribution is 6.31. The van der Waals surface area contributed by atoms with Crippen LogP contribution in [0.25, 0.3) is 0 Å². The quantitative estimate of drug-likeness (QED) is 0.389. The van der Waals surface area contributed by atoms with E-state index < -0.39 is 6.04 Å². The molecule has 0 saturated carbocycles. The summed E-state index contributed by atoms with van der Waals surface area (Å²) in [7, 11) is 0. The van der Waals surface area contributed by atoms with Crippen LogP contribution in [0, 0.1) is 22.8 Å². The number of nitrogens with two attached hydrogens (primary N) is 2. The number of nitrogens with zero attached hydrogens (tertiary/aromatic N) is 4. The number of aromatic nitrogens is 1. The van der Waals surface area contributed by atoms with Gasteiger partial charge >= 0.3 is 0 Å². The first-order valence-corrected chi connectivity index (χ1v) is 9.90. The Labute approximate surface area is 184 Å². The lowest BCUT2D eigenvalue weighted by atomic mass is 9.94. The molecule has 11 heteroatoms. The summed E-state index contributed by atoms with van der Waals surface area (Å²) in [5.74, 6) is 1.37. The van der Waals surface area contributed by atoms with Crippen molar-refractivity contribution in [3.05, 3.63) is 33.8 Å². The van der Waals surface area contributed by atoms with Gasteiger partial charge in [-0.1, -0.05) is 18.5 Å².